The van der Waals surface area contributed by atoms with E-state index in [0.717, 1.165) is 28.7 Å². The molecule has 30 heavy (non-hydrogen) atoms. The Morgan fingerprint density at radius 3 is 2.63 bits per heavy atom. The van der Waals surface area contributed by atoms with Gasteiger partial charge < -0.3 is 9.63 Å². The Balaban J connectivity index is 1.68. The van der Waals surface area contributed by atoms with Crippen LogP contribution >= 0.6 is 0 Å². The topological polar surface area (TPSA) is 94.0 Å². The lowest BCUT2D eigenvalue weighted by molar-refractivity contribution is -0.147. The number of benzene rings is 1. The van der Waals surface area contributed by atoms with Gasteiger partial charge in [-0.2, -0.15) is 10.1 Å². The molecule has 0 aliphatic heterocycles. The van der Waals surface area contributed by atoms with Crippen molar-refractivity contribution >= 4 is 5.97 Å². The van der Waals surface area contributed by atoms with Crippen molar-refractivity contribution in [3.8, 4) is 11.6 Å². The van der Waals surface area contributed by atoms with Crippen molar-refractivity contribution in [3.63, 3.8) is 0 Å². The minimum Gasteiger partial charge on any atom is -0.481 e. The number of hydrogen-bond donors (Lipinski definition) is 1. The third-order valence-electron chi connectivity index (χ3n) is 5.64. The zero-order chi connectivity index (χ0) is 21.7. The van der Waals surface area contributed by atoms with Gasteiger partial charge in [0.15, 0.2) is 11.5 Å². The summed E-state index contributed by atoms with van der Waals surface area (Å²) in [5.74, 6) is -0.557. The van der Waals surface area contributed by atoms with Crippen molar-refractivity contribution in [3.05, 3.63) is 53.0 Å². The highest BCUT2D eigenvalue weighted by Crippen LogP contribution is 2.53. The van der Waals surface area contributed by atoms with Crippen LogP contribution in [0.1, 0.15) is 55.8 Å². The fraction of sp³-hybridized carbons (Fsp3) is 0.429. The highest BCUT2D eigenvalue weighted by atomic mass is 19.3. The normalized spacial score (nSPS) is 15.5. The van der Waals surface area contributed by atoms with Gasteiger partial charge in [-0.05, 0) is 50.8 Å². The SMILES string of the molecule is Cc1ccccc1C1(c2noc(-c3cc(C(F)F)n(CC(C)(C)C(=O)O)n3)n2)CC1. The Morgan fingerprint density at radius 1 is 1.33 bits per heavy atom. The summed E-state index contributed by atoms with van der Waals surface area (Å²) in [5, 5.41) is 17.6. The van der Waals surface area contributed by atoms with Crippen molar-refractivity contribution in [1.82, 2.24) is 19.9 Å². The molecule has 2 heterocycles. The predicted octanol–water partition coefficient (Wildman–Crippen LogP) is 4.37. The van der Waals surface area contributed by atoms with Crippen LogP contribution in [0.5, 0.6) is 0 Å². The number of halogens is 2. The average molecular weight is 416 g/mol. The van der Waals surface area contributed by atoms with Gasteiger partial charge in [-0.15, -0.1) is 0 Å². The second kappa shape index (κ2) is 7.00. The standard InChI is InChI=1S/C21H22F2N4O3/c1-12-6-4-5-7-13(12)21(8-9-21)18-24-17(30-26-18)14-10-15(16(22)23)27(25-14)11-20(2,3)19(28)29/h4-7,10,16H,8-9,11H2,1-3H3,(H,28,29). The molecule has 1 fully saturated rings. The number of aryl methyl sites for hydroxylation is 1. The van der Waals surface area contributed by atoms with Gasteiger partial charge in [-0.25, -0.2) is 8.78 Å². The molecule has 158 valence electrons. The molecule has 1 aliphatic rings. The van der Waals surface area contributed by atoms with E-state index in [9.17, 15) is 18.7 Å². The molecule has 1 aliphatic carbocycles. The lowest BCUT2D eigenvalue weighted by Crippen LogP contribution is -2.30. The molecule has 0 amide bonds. The summed E-state index contributed by atoms with van der Waals surface area (Å²) >= 11 is 0. The van der Waals surface area contributed by atoms with Crippen LogP contribution < -0.4 is 0 Å². The molecule has 1 N–H and O–H groups in total. The molecule has 0 spiro atoms. The van der Waals surface area contributed by atoms with Crippen LogP contribution in [0.25, 0.3) is 11.6 Å². The van der Waals surface area contributed by atoms with Crippen LogP contribution in [0.2, 0.25) is 0 Å². The van der Waals surface area contributed by atoms with E-state index in [1.807, 2.05) is 31.2 Å². The third-order valence-corrected chi connectivity index (χ3v) is 5.64. The van der Waals surface area contributed by atoms with Crippen LogP contribution in [0.15, 0.2) is 34.9 Å². The number of hydrogen-bond acceptors (Lipinski definition) is 5. The highest BCUT2D eigenvalue weighted by molar-refractivity contribution is 5.73. The van der Waals surface area contributed by atoms with Gasteiger partial charge in [-0.1, -0.05) is 29.4 Å². The Bertz CT molecular complexity index is 1100. The lowest BCUT2D eigenvalue weighted by Gasteiger charge is -2.20. The van der Waals surface area contributed by atoms with Crippen LogP contribution in [-0.4, -0.2) is 31.0 Å². The molecule has 0 bridgehead atoms. The fourth-order valence-electron chi connectivity index (χ4n) is 3.65. The molecule has 0 saturated heterocycles. The molecule has 7 nitrogen and oxygen atoms in total. The first-order valence-electron chi connectivity index (χ1n) is 9.64. The summed E-state index contributed by atoms with van der Waals surface area (Å²) in [6, 6.07) is 9.16. The minimum atomic E-state index is -2.82. The number of rotatable bonds is 7. The van der Waals surface area contributed by atoms with E-state index < -0.39 is 17.8 Å². The monoisotopic (exact) mass is 416 g/mol. The maximum atomic E-state index is 13.5. The molecule has 0 atom stereocenters. The van der Waals surface area contributed by atoms with E-state index in [4.69, 9.17) is 4.52 Å². The first-order chi connectivity index (χ1) is 14.1. The van der Waals surface area contributed by atoms with Gasteiger partial charge in [0, 0.05) is 0 Å². The Labute approximate surface area is 171 Å². The smallest absolute Gasteiger partial charge is 0.310 e. The molecule has 1 aromatic carbocycles. The lowest BCUT2D eigenvalue weighted by atomic mass is 9.91. The molecular formula is C21H22F2N4O3. The zero-order valence-corrected chi connectivity index (χ0v) is 16.9. The molecule has 0 unspecified atom stereocenters. The molecule has 9 heteroatoms. The summed E-state index contributed by atoms with van der Waals surface area (Å²) < 4.78 is 33.4. The zero-order valence-electron chi connectivity index (χ0n) is 16.9. The number of alkyl halides is 2. The van der Waals surface area contributed by atoms with Crippen molar-refractivity contribution < 1.29 is 23.2 Å². The first kappa shape index (κ1) is 20.2. The van der Waals surface area contributed by atoms with Crippen LogP contribution in [0.3, 0.4) is 0 Å². The van der Waals surface area contributed by atoms with E-state index in [-0.39, 0.29) is 29.2 Å². The molecule has 2 aromatic heterocycles. The average Bonchev–Trinajstić information content (AvgIpc) is 3.13. The summed E-state index contributed by atoms with van der Waals surface area (Å²) in [4.78, 5) is 15.9. The Kier molecular flexibility index (Phi) is 4.71. The van der Waals surface area contributed by atoms with Crippen molar-refractivity contribution in [2.45, 2.75) is 52.0 Å². The predicted molar refractivity (Wildman–Crippen MR) is 103 cm³/mol. The number of aliphatic carboxylic acids is 1. The molecule has 0 radical (unpaired) electrons. The van der Waals surface area contributed by atoms with E-state index in [2.05, 4.69) is 15.2 Å². The van der Waals surface area contributed by atoms with E-state index in [1.54, 1.807) is 0 Å². The number of carbonyl (C=O) groups is 1. The summed E-state index contributed by atoms with van der Waals surface area (Å²) in [6.45, 7) is 4.72. The third kappa shape index (κ3) is 3.38. The largest absolute Gasteiger partial charge is 0.481 e. The maximum Gasteiger partial charge on any atom is 0.310 e. The first-order valence-corrected chi connectivity index (χ1v) is 9.64. The van der Waals surface area contributed by atoms with E-state index in [1.165, 1.54) is 19.9 Å². The maximum absolute atomic E-state index is 13.5. The Morgan fingerprint density at radius 2 is 2.03 bits per heavy atom. The molecule has 3 aromatic rings. The number of carboxylic acid groups (broad SMARTS) is 1. The van der Waals surface area contributed by atoms with Gasteiger partial charge in [-0.3, -0.25) is 9.48 Å². The summed E-state index contributed by atoms with van der Waals surface area (Å²) in [5.41, 5.74) is 0.369. The van der Waals surface area contributed by atoms with Crippen molar-refractivity contribution in [1.29, 1.82) is 0 Å². The van der Waals surface area contributed by atoms with E-state index >= 15 is 0 Å². The van der Waals surface area contributed by atoms with Gasteiger partial charge in [0.05, 0.1) is 17.4 Å². The second-order valence-electron chi connectivity index (χ2n) is 8.42. The fourth-order valence-corrected chi connectivity index (χ4v) is 3.65. The van der Waals surface area contributed by atoms with Gasteiger partial charge >= 0.3 is 5.97 Å². The number of aromatic nitrogens is 4. The number of carboxylic acids is 1. The Hall–Kier alpha value is -3.10. The quantitative estimate of drug-likeness (QED) is 0.615. The highest BCUT2D eigenvalue weighted by Gasteiger charge is 2.50. The van der Waals surface area contributed by atoms with Crippen molar-refractivity contribution in [2.75, 3.05) is 0 Å². The van der Waals surface area contributed by atoms with Crippen LogP contribution in [0.4, 0.5) is 8.78 Å². The van der Waals surface area contributed by atoms with Gasteiger partial charge in [0.1, 0.15) is 5.69 Å². The summed E-state index contributed by atoms with van der Waals surface area (Å²) in [6.07, 6.45) is -1.07. The summed E-state index contributed by atoms with van der Waals surface area (Å²) in [7, 11) is 0. The molecule has 1 saturated carbocycles. The second-order valence-corrected chi connectivity index (χ2v) is 8.42. The molecular weight excluding hydrogens is 394 g/mol. The van der Waals surface area contributed by atoms with Gasteiger partial charge in [0.25, 0.3) is 12.3 Å². The van der Waals surface area contributed by atoms with Crippen molar-refractivity contribution in [2.24, 2.45) is 5.41 Å². The van der Waals surface area contributed by atoms with E-state index in [0.29, 0.717) is 5.82 Å². The number of nitrogens with zero attached hydrogens (tertiary/aromatic N) is 4. The van der Waals surface area contributed by atoms with Crippen LogP contribution in [-0.2, 0) is 16.8 Å². The van der Waals surface area contributed by atoms with Crippen LogP contribution in [0, 0.1) is 12.3 Å². The minimum absolute atomic E-state index is 0.0404. The molecule has 4 rings (SSSR count). The van der Waals surface area contributed by atoms with Gasteiger partial charge in [0.2, 0.25) is 0 Å².